The number of carbonyl (C=O) groups is 1. The van der Waals surface area contributed by atoms with E-state index in [0.29, 0.717) is 6.42 Å². The highest BCUT2D eigenvalue weighted by Gasteiger charge is 2.36. The molecule has 1 amide bonds. The second-order valence-electron chi connectivity index (χ2n) is 4.33. The maximum atomic E-state index is 12.3. The Hall–Kier alpha value is -1.69. The molecule has 6 heteroatoms. The second kappa shape index (κ2) is 6.47. The summed E-state index contributed by atoms with van der Waals surface area (Å²) in [6.07, 6.45) is 2.38. The zero-order valence-corrected chi connectivity index (χ0v) is 12.1. The van der Waals surface area contributed by atoms with Crippen LogP contribution in [0.1, 0.15) is 20.3 Å². The standard InChI is InChI=1S/C13H19N3O2S/c1-4-13(2,11(14)16-18)12(17)15-9-7-5-6-8-10(9)19-3/h5-8,18H,4H2,1-3H3,(H2,14,16)(H,15,17). The number of anilines is 1. The normalized spacial score (nSPS) is 14.8. The van der Waals surface area contributed by atoms with Gasteiger partial charge in [-0.2, -0.15) is 0 Å². The lowest BCUT2D eigenvalue weighted by Gasteiger charge is -2.25. The molecule has 1 rings (SSSR count). The Morgan fingerprint density at radius 2 is 2.16 bits per heavy atom. The van der Waals surface area contributed by atoms with Crippen LogP contribution in [0.3, 0.4) is 0 Å². The Morgan fingerprint density at radius 3 is 2.68 bits per heavy atom. The van der Waals surface area contributed by atoms with Crippen molar-refractivity contribution in [3.63, 3.8) is 0 Å². The first kappa shape index (κ1) is 15.4. The predicted octanol–water partition coefficient (Wildman–Crippen LogP) is 2.51. The molecule has 0 aliphatic carbocycles. The monoisotopic (exact) mass is 281 g/mol. The van der Waals surface area contributed by atoms with E-state index in [9.17, 15) is 4.79 Å². The number of benzene rings is 1. The van der Waals surface area contributed by atoms with Crippen LogP contribution in [0.5, 0.6) is 0 Å². The maximum absolute atomic E-state index is 12.3. The summed E-state index contributed by atoms with van der Waals surface area (Å²) < 4.78 is 0. The van der Waals surface area contributed by atoms with E-state index in [4.69, 9.17) is 10.9 Å². The summed E-state index contributed by atoms with van der Waals surface area (Å²) in [6.45, 7) is 3.47. The SMILES string of the molecule is CCC(C)(C(=O)Nc1ccccc1SC)/C(N)=N/O. The lowest BCUT2D eigenvalue weighted by atomic mass is 9.85. The number of thioether (sulfide) groups is 1. The summed E-state index contributed by atoms with van der Waals surface area (Å²) in [5.41, 5.74) is 5.32. The van der Waals surface area contributed by atoms with Crippen LogP contribution in [0.2, 0.25) is 0 Å². The van der Waals surface area contributed by atoms with E-state index in [1.165, 1.54) is 0 Å². The molecule has 0 fully saturated rings. The minimum Gasteiger partial charge on any atom is -0.409 e. The number of nitrogens with zero attached hydrogens (tertiary/aromatic N) is 1. The van der Waals surface area contributed by atoms with Crippen molar-refractivity contribution in [2.24, 2.45) is 16.3 Å². The number of hydrogen-bond donors (Lipinski definition) is 3. The molecule has 0 aliphatic rings. The number of nitrogens with one attached hydrogen (secondary N) is 1. The Morgan fingerprint density at radius 1 is 1.53 bits per heavy atom. The third kappa shape index (κ3) is 3.20. The van der Waals surface area contributed by atoms with Crippen molar-refractivity contribution in [2.75, 3.05) is 11.6 Å². The van der Waals surface area contributed by atoms with Crippen LogP contribution in [0, 0.1) is 5.41 Å². The van der Waals surface area contributed by atoms with Gasteiger partial charge in [0.25, 0.3) is 0 Å². The van der Waals surface area contributed by atoms with Crippen molar-refractivity contribution in [2.45, 2.75) is 25.2 Å². The molecule has 1 unspecified atom stereocenters. The van der Waals surface area contributed by atoms with Crippen LogP contribution >= 0.6 is 11.8 Å². The van der Waals surface area contributed by atoms with Crippen LogP contribution in [0.25, 0.3) is 0 Å². The van der Waals surface area contributed by atoms with Gasteiger partial charge in [-0.3, -0.25) is 4.79 Å². The average Bonchev–Trinajstić information content (AvgIpc) is 2.45. The van der Waals surface area contributed by atoms with Gasteiger partial charge < -0.3 is 16.3 Å². The highest BCUT2D eigenvalue weighted by molar-refractivity contribution is 7.98. The molecule has 0 heterocycles. The third-order valence-electron chi connectivity index (χ3n) is 3.24. The number of rotatable bonds is 5. The highest BCUT2D eigenvalue weighted by Crippen LogP contribution is 2.28. The van der Waals surface area contributed by atoms with Gasteiger partial charge in [-0.15, -0.1) is 11.8 Å². The van der Waals surface area contributed by atoms with Gasteiger partial charge in [0.15, 0.2) is 5.84 Å². The first-order valence-electron chi connectivity index (χ1n) is 5.92. The zero-order chi connectivity index (χ0) is 14.5. The molecule has 0 bridgehead atoms. The summed E-state index contributed by atoms with van der Waals surface area (Å²) in [4.78, 5) is 13.3. The Kier molecular flexibility index (Phi) is 5.23. The molecule has 1 atom stereocenters. The molecule has 4 N–H and O–H groups in total. The summed E-state index contributed by atoms with van der Waals surface area (Å²) in [7, 11) is 0. The lowest BCUT2D eigenvalue weighted by Crippen LogP contribution is -2.44. The van der Waals surface area contributed by atoms with Gasteiger partial charge >= 0.3 is 0 Å². The summed E-state index contributed by atoms with van der Waals surface area (Å²) in [5, 5.41) is 14.6. The van der Waals surface area contributed by atoms with Gasteiger partial charge in [0.05, 0.1) is 5.69 Å². The van der Waals surface area contributed by atoms with Crippen LogP contribution in [0.4, 0.5) is 5.69 Å². The number of para-hydroxylation sites is 1. The molecule has 1 aromatic rings. The van der Waals surface area contributed by atoms with Crippen molar-refractivity contribution >= 4 is 29.2 Å². The molecular formula is C13H19N3O2S. The van der Waals surface area contributed by atoms with Crippen molar-refractivity contribution in [3.05, 3.63) is 24.3 Å². The van der Waals surface area contributed by atoms with Crippen molar-refractivity contribution in [1.82, 2.24) is 0 Å². The topological polar surface area (TPSA) is 87.7 Å². The molecular weight excluding hydrogens is 262 g/mol. The minimum absolute atomic E-state index is 0.0888. The first-order valence-corrected chi connectivity index (χ1v) is 7.14. The van der Waals surface area contributed by atoms with Crippen LogP contribution < -0.4 is 11.1 Å². The molecule has 0 aromatic heterocycles. The summed E-state index contributed by atoms with van der Waals surface area (Å²) >= 11 is 1.54. The lowest BCUT2D eigenvalue weighted by molar-refractivity contribution is -0.121. The van der Waals surface area contributed by atoms with E-state index in [1.807, 2.05) is 37.4 Å². The number of amidine groups is 1. The zero-order valence-electron chi connectivity index (χ0n) is 11.3. The van der Waals surface area contributed by atoms with Crippen LogP contribution in [-0.2, 0) is 4.79 Å². The van der Waals surface area contributed by atoms with E-state index in [1.54, 1.807) is 18.7 Å². The fourth-order valence-corrected chi connectivity index (χ4v) is 2.13. The molecule has 1 aromatic carbocycles. The second-order valence-corrected chi connectivity index (χ2v) is 5.17. The predicted molar refractivity (Wildman–Crippen MR) is 78.7 cm³/mol. The Bertz CT molecular complexity index is 491. The number of carbonyl (C=O) groups excluding carboxylic acids is 1. The van der Waals surface area contributed by atoms with E-state index in [2.05, 4.69) is 10.5 Å². The molecule has 19 heavy (non-hydrogen) atoms. The number of hydrogen-bond acceptors (Lipinski definition) is 4. The van der Waals surface area contributed by atoms with Crippen molar-refractivity contribution in [1.29, 1.82) is 0 Å². The van der Waals surface area contributed by atoms with Gasteiger partial charge in [0.2, 0.25) is 5.91 Å². The molecule has 0 saturated carbocycles. The van der Waals surface area contributed by atoms with Gasteiger partial charge in [-0.05, 0) is 31.7 Å². The van der Waals surface area contributed by atoms with Gasteiger partial charge in [0, 0.05) is 4.90 Å². The van der Waals surface area contributed by atoms with Gasteiger partial charge in [-0.25, -0.2) is 0 Å². The summed E-state index contributed by atoms with van der Waals surface area (Å²) in [6, 6.07) is 7.51. The maximum Gasteiger partial charge on any atom is 0.238 e. The number of nitrogens with two attached hydrogens (primary N) is 1. The molecule has 0 saturated heterocycles. The fourth-order valence-electron chi connectivity index (χ4n) is 1.58. The van der Waals surface area contributed by atoms with Gasteiger partial charge in [-0.1, -0.05) is 24.2 Å². The smallest absolute Gasteiger partial charge is 0.238 e. The molecule has 104 valence electrons. The Labute approximate surface area is 117 Å². The Balaban J connectivity index is 3.01. The average molecular weight is 281 g/mol. The minimum atomic E-state index is -1.03. The van der Waals surface area contributed by atoms with E-state index >= 15 is 0 Å². The van der Waals surface area contributed by atoms with E-state index in [0.717, 1.165) is 10.6 Å². The molecule has 5 nitrogen and oxygen atoms in total. The third-order valence-corrected chi connectivity index (χ3v) is 4.03. The highest BCUT2D eigenvalue weighted by atomic mass is 32.2. The number of oxime groups is 1. The van der Waals surface area contributed by atoms with Crippen LogP contribution in [0.15, 0.2) is 34.3 Å². The molecule has 0 spiro atoms. The molecule has 0 aliphatic heterocycles. The largest absolute Gasteiger partial charge is 0.409 e. The van der Waals surface area contributed by atoms with E-state index in [-0.39, 0.29) is 11.7 Å². The van der Waals surface area contributed by atoms with E-state index < -0.39 is 5.41 Å². The van der Waals surface area contributed by atoms with Crippen molar-refractivity contribution in [3.8, 4) is 0 Å². The van der Waals surface area contributed by atoms with Crippen LogP contribution in [-0.4, -0.2) is 23.2 Å². The first-order chi connectivity index (χ1) is 8.99. The molecule has 0 radical (unpaired) electrons. The number of amides is 1. The fraction of sp³-hybridized carbons (Fsp3) is 0.385. The van der Waals surface area contributed by atoms with Gasteiger partial charge in [0.1, 0.15) is 5.41 Å². The quantitative estimate of drug-likeness (QED) is 0.254. The van der Waals surface area contributed by atoms with Crippen molar-refractivity contribution < 1.29 is 10.0 Å². The summed E-state index contributed by atoms with van der Waals surface area (Å²) in [5.74, 6) is -0.374.